The second-order valence-electron chi connectivity index (χ2n) is 5.66. The van der Waals surface area contributed by atoms with E-state index in [4.69, 9.17) is 0 Å². The van der Waals surface area contributed by atoms with Crippen LogP contribution in [0.15, 0.2) is 47.2 Å². The molecule has 2 heterocycles. The minimum Gasteiger partial charge on any atom is -0.355 e. The largest absolute Gasteiger partial charge is 0.355 e. The average Bonchev–Trinajstić information content (AvgIpc) is 2.56. The van der Waals surface area contributed by atoms with Crippen molar-refractivity contribution in [1.29, 1.82) is 0 Å². The van der Waals surface area contributed by atoms with Crippen molar-refractivity contribution in [3.63, 3.8) is 0 Å². The number of benzene rings is 1. The fourth-order valence-corrected chi connectivity index (χ4v) is 3.29. The van der Waals surface area contributed by atoms with E-state index in [-0.39, 0.29) is 10.6 Å². The number of nitro groups is 1. The van der Waals surface area contributed by atoms with Gasteiger partial charge < -0.3 is 9.80 Å². The van der Waals surface area contributed by atoms with E-state index in [1.165, 1.54) is 10.5 Å². The molecule has 0 aliphatic carbocycles. The van der Waals surface area contributed by atoms with Gasteiger partial charge in [0.05, 0.1) is 31.1 Å². The first-order valence-corrected chi connectivity index (χ1v) is 8.34. The maximum absolute atomic E-state index is 11.3. The summed E-state index contributed by atoms with van der Waals surface area (Å²) in [5.41, 5.74) is 2.15. The number of nitrogens with zero attached hydrogens (tertiary/aromatic N) is 3. The predicted molar refractivity (Wildman–Crippen MR) is 91.6 cm³/mol. The Hall–Kier alpha value is -1.99. The number of anilines is 1. The number of nitro benzene ring substituents is 1. The molecule has 1 aromatic carbocycles. The van der Waals surface area contributed by atoms with Crippen molar-refractivity contribution in [2.24, 2.45) is 0 Å². The molecule has 0 amide bonds. The highest BCUT2D eigenvalue weighted by molar-refractivity contribution is 9.10. The van der Waals surface area contributed by atoms with E-state index < -0.39 is 0 Å². The van der Waals surface area contributed by atoms with Gasteiger partial charge in [-0.25, -0.2) is 0 Å². The van der Waals surface area contributed by atoms with Gasteiger partial charge in [0.1, 0.15) is 12.2 Å². The van der Waals surface area contributed by atoms with E-state index in [0.717, 1.165) is 37.2 Å². The maximum atomic E-state index is 11.3. The molecule has 1 aliphatic rings. The van der Waals surface area contributed by atoms with Gasteiger partial charge in [0.2, 0.25) is 0 Å². The molecule has 2 aromatic rings. The van der Waals surface area contributed by atoms with Crippen molar-refractivity contribution in [1.82, 2.24) is 4.98 Å². The summed E-state index contributed by atoms with van der Waals surface area (Å²) in [6, 6.07) is 9.35. The Morgan fingerprint density at radius 3 is 2.57 bits per heavy atom. The van der Waals surface area contributed by atoms with Gasteiger partial charge in [0.15, 0.2) is 0 Å². The molecule has 1 aliphatic heterocycles. The summed E-state index contributed by atoms with van der Waals surface area (Å²) < 4.78 is 0.731. The van der Waals surface area contributed by atoms with Gasteiger partial charge in [0.25, 0.3) is 5.69 Å². The molecule has 1 fully saturated rings. The van der Waals surface area contributed by atoms with Crippen molar-refractivity contribution in [3.05, 3.63) is 62.9 Å². The number of aromatic nitrogens is 1. The Morgan fingerprint density at radius 1 is 1.22 bits per heavy atom. The van der Waals surface area contributed by atoms with Crippen LogP contribution in [0.1, 0.15) is 5.56 Å². The van der Waals surface area contributed by atoms with Crippen LogP contribution in [-0.4, -0.2) is 36.1 Å². The third-order valence-electron chi connectivity index (χ3n) is 4.15. The van der Waals surface area contributed by atoms with Crippen LogP contribution in [0.2, 0.25) is 0 Å². The standard InChI is InChI=1S/C16H17BrN4O2/c17-14-1-2-15(16(11-14)21(22)23)20-9-7-19(8-10-20)12-13-3-5-18-6-4-13/h1-6,11H,7-10,12H2/p+1. The lowest BCUT2D eigenvalue weighted by Crippen LogP contribution is -3.13. The van der Waals surface area contributed by atoms with Crippen molar-refractivity contribution < 1.29 is 9.82 Å². The quantitative estimate of drug-likeness (QED) is 0.649. The molecule has 0 unspecified atom stereocenters. The summed E-state index contributed by atoms with van der Waals surface area (Å²) in [5.74, 6) is 0. The molecular formula is C16H18BrN4O2+. The van der Waals surface area contributed by atoms with E-state index in [0.29, 0.717) is 5.69 Å². The summed E-state index contributed by atoms with van der Waals surface area (Å²) in [5, 5.41) is 11.3. The van der Waals surface area contributed by atoms with Crippen LogP contribution >= 0.6 is 15.9 Å². The van der Waals surface area contributed by atoms with Gasteiger partial charge in [-0.1, -0.05) is 15.9 Å². The number of hydrogen-bond donors (Lipinski definition) is 1. The van der Waals surface area contributed by atoms with Gasteiger partial charge in [-0.2, -0.15) is 0 Å². The van der Waals surface area contributed by atoms with E-state index in [1.807, 2.05) is 36.7 Å². The number of quaternary nitrogens is 1. The summed E-state index contributed by atoms with van der Waals surface area (Å²) >= 11 is 3.30. The summed E-state index contributed by atoms with van der Waals surface area (Å²) in [7, 11) is 0. The highest BCUT2D eigenvalue weighted by Gasteiger charge is 2.25. The summed E-state index contributed by atoms with van der Waals surface area (Å²) in [6.07, 6.45) is 3.63. The molecule has 1 N–H and O–H groups in total. The van der Waals surface area contributed by atoms with Crippen LogP contribution in [0, 0.1) is 10.1 Å². The molecule has 1 saturated heterocycles. The third-order valence-corrected chi connectivity index (χ3v) is 4.64. The highest BCUT2D eigenvalue weighted by atomic mass is 79.9. The molecular weight excluding hydrogens is 360 g/mol. The molecule has 0 saturated carbocycles. The Kier molecular flexibility index (Phi) is 4.88. The Labute approximate surface area is 143 Å². The van der Waals surface area contributed by atoms with E-state index >= 15 is 0 Å². The van der Waals surface area contributed by atoms with Crippen LogP contribution in [0.4, 0.5) is 11.4 Å². The average molecular weight is 378 g/mol. The van der Waals surface area contributed by atoms with Crippen LogP contribution in [0.25, 0.3) is 0 Å². The van der Waals surface area contributed by atoms with Gasteiger partial charge in [-0.05, 0) is 24.3 Å². The van der Waals surface area contributed by atoms with Crippen molar-refractivity contribution in [2.75, 3.05) is 31.1 Å². The molecule has 120 valence electrons. The molecule has 23 heavy (non-hydrogen) atoms. The Balaban J connectivity index is 1.66. The second-order valence-corrected chi connectivity index (χ2v) is 6.58. The van der Waals surface area contributed by atoms with E-state index in [1.54, 1.807) is 6.07 Å². The number of nitrogens with one attached hydrogen (secondary N) is 1. The summed E-state index contributed by atoms with van der Waals surface area (Å²) in [4.78, 5) is 18.6. The van der Waals surface area contributed by atoms with Crippen molar-refractivity contribution in [2.45, 2.75) is 6.54 Å². The zero-order valence-corrected chi connectivity index (χ0v) is 14.2. The first-order valence-electron chi connectivity index (χ1n) is 7.55. The lowest BCUT2D eigenvalue weighted by molar-refractivity contribution is -0.914. The highest BCUT2D eigenvalue weighted by Crippen LogP contribution is 2.31. The Bertz CT molecular complexity index is 688. The molecule has 0 bridgehead atoms. The molecule has 0 spiro atoms. The van der Waals surface area contributed by atoms with Crippen LogP contribution in [0.5, 0.6) is 0 Å². The Morgan fingerprint density at radius 2 is 1.91 bits per heavy atom. The lowest BCUT2D eigenvalue weighted by Gasteiger charge is -2.33. The first kappa shape index (κ1) is 15.9. The molecule has 7 heteroatoms. The van der Waals surface area contributed by atoms with Gasteiger partial charge >= 0.3 is 0 Å². The van der Waals surface area contributed by atoms with Crippen LogP contribution < -0.4 is 9.80 Å². The SMILES string of the molecule is O=[N+]([O-])c1cc(Br)ccc1N1CC[NH+](Cc2ccncc2)CC1. The topological polar surface area (TPSA) is 63.7 Å². The number of piperazine rings is 1. The van der Waals surface area contributed by atoms with E-state index in [2.05, 4.69) is 25.8 Å². The molecule has 0 radical (unpaired) electrons. The third kappa shape index (κ3) is 3.86. The predicted octanol–water partition coefficient (Wildman–Crippen LogP) is 1.66. The van der Waals surface area contributed by atoms with Crippen molar-refractivity contribution in [3.8, 4) is 0 Å². The van der Waals surface area contributed by atoms with Gasteiger partial charge in [-0.15, -0.1) is 0 Å². The second kappa shape index (κ2) is 7.06. The minimum absolute atomic E-state index is 0.164. The van der Waals surface area contributed by atoms with Crippen LogP contribution in [0.3, 0.4) is 0 Å². The number of halogens is 1. The smallest absolute Gasteiger partial charge is 0.293 e. The lowest BCUT2D eigenvalue weighted by atomic mass is 10.2. The van der Waals surface area contributed by atoms with E-state index in [9.17, 15) is 10.1 Å². The van der Waals surface area contributed by atoms with Gasteiger partial charge in [-0.3, -0.25) is 15.1 Å². The van der Waals surface area contributed by atoms with Crippen molar-refractivity contribution >= 4 is 27.3 Å². The minimum atomic E-state index is -0.309. The zero-order valence-electron chi connectivity index (χ0n) is 12.6. The monoisotopic (exact) mass is 377 g/mol. The number of pyridine rings is 1. The number of rotatable bonds is 4. The summed E-state index contributed by atoms with van der Waals surface area (Å²) in [6.45, 7) is 4.55. The number of hydrogen-bond acceptors (Lipinski definition) is 4. The normalized spacial score (nSPS) is 15.6. The fourth-order valence-electron chi connectivity index (χ4n) is 2.94. The van der Waals surface area contributed by atoms with Crippen LogP contribution in [-0.2, 0) is 6.54 Å². The zero-order chi connectivity index (χ0) is 16.2. The van der Waals surface area contributed by atoms with Gasteiger partial charge in [0, 0.05) is 28.5 Å². The molecule has 1 aromatic heterocycles. The first-order chi connectivity index (χ1) is 11.1. The molecule has 6 nitrogen and oxygen atoms in total. The molecule has 0 atom stereocenters. The fraction of sp³-hybridized carbons (Fsp3) is 0.312. The molecule has 3 rings (SSSR count). The maximum Gasteiger partial charge on any atom is 0.293 e.